The topological polar surface area (TPSA) is 38.8 Å². The second-order valence-corrected chi connectivity index (χ2v) is 5.00. The SMILES string of the molecule is O=C(CCCOc1ccc(Br)cc1)N1CCCO1. The molecule has 0 atom stereocenters. The van der Waals surface area contributed by atoms with Gasteiger partial charge in [-0.3, -0.25) is 9.63 Å². The molecule has 1 aliphatic heterocycles. The number of hydroxylamine groups is 2. The Morgan fingerprint density at radius 2 is 2.17 bits per heavy atom. The Kier molecular flexibility index (Phi) is 5.01. The van der Waals surface area contributed by atoms with E-state index in [1.54, 1.807) is 0 Å². The molecular weight excluding hydrogens is 298 g/mol. The lowest BCUT2D eigenvalue weighted by molar-refractivity contribution is -0.168. The van der Waals surface area contributed by atoms with E-state index < -0.39 is 0 Å². The van der Waals surface area contributed by atoms with Gasteiger partial charge >= 0.3 is 0 Å². The largest absolute Gasteiger partial charge is 0.494 e. The third-order valence-corrected chi connectivity index (χ3v) is 3.18. The highest BCUT2D eigenvalue weighted by Gasteiger charge is 2.18. The molecule has 18 heavy (non-hydrogen) atoms. The van der Waals surface area contributed by atoms with Gasteiger partial charge in [0.2, 0.25) is 5.91 Å². The predicted molar refractivity (Wildman–Crippen MR) is 71.2 cm³/mol. The van der Waals surface area contributed by atoms with Crippen LogP contribution >= 0.6 is 15.9 Å². The Morgan fingerprint density at radius 1 is 1.39 bits per heavy atom. The highest BCUT2D eigenvalue weighted by molar-refractivity contribution is 9.10. The summed E-state index contributed by atoms with van der Waals surface area (Å²) in [6.07, 6.45) is 2.10. The van der Waals surface area contributed by atoms with E-state index in [0.29, 0.717) is 32.6 Å². The minimum absolute atomic E-state index is 0.0481. The number of rotatable bonds is 5. The van der Waals surface area contributed by atoms with Crippen LogP contribution in [0.3, 0.4) is 0 Å². The summed E-state index contributed by atoms with van der Waals surface area (Å²) in [5.41, 5.74) is 0. The van der Waals surface area contributed by atoms with Crippen molar-refractivity contribution in [2.24, 2.45) is 0 Å². The smallest absolute Gasteiger partial charge is 0.246 e. The molecule has 1 saturated heterocycles. The van der Waals surface area contributed by atoms with Crippen molar-refractivity contribution >= 4 is 21.8 Å². The monoisotopic (exact) mass is 313 g/mol. The van der Waals surface area contributed by atoms with Gasteiger partial charge in [-0.2, -0.15) is 0 Å². The minimum Gasteiger partial charge on any atom is -0.494 e. The van der Waals surface area contributed by atoms with E-state index in [2.05, 4.69) is 15.9 Å². The molecule has 1 aliphatic rings. The van der Waals surface area contributed by atoms with E-state index in [1.165, 1.54) is 5.06 Å². The summed E-state index contributed by atoms with van der Waals surface area (Å²) in [5.74, 6) is 0.870. The van der Waals surface area contributed by atoms with E-state index >= 15 is 0 Å². The lowest BCUT2D eigenvalue weighted by atomic mass is 10.3. The standard InChI is InChI=1S/C13H16BrNO3/c14-11-4-6-12(7-5-11)17-9-1-3-13(16)15-8-2-10-18-15/h4-7H,1-3,8-10H2. The van der Waals surface area contributed by atoms with Crippen molar-refractivity contribution in [1.29, 1.82) is 0 Å². The molecule has 2 rings (SSSR count). The number of benzene rings is 1. The van der Waals surface area contributed by atoms with Gasteiger partial charge < -0.3 is 4.74 Å². The highest BCUT2D eigenvalue weighted by atomic mass is 79.9. The Labute approximate surface area is 115 Å². The molecule has 4 nitrogen and oxygen atoms in total. The predicted octanol–water partition coefficient (Wildman–Crippen LogP) is 2.77. The van der Waals surface area contributed by atoms with Crippen molar-refractivity contribution in [3.63, 3.8) is 0 Å². The number of halogens is 1. The maximum Gasteiger partial charge on any atom is 0.246 e. The Hall–Kier alpha value is -1.07. The summed E-state index contributed by atoms with van der Waals surface area (Å²) in [5, 5.41) is 1.46. The molecule has 1 aromatic carbocycles. The summed E-state index contributed by atoms with van der Waals surface area (Å²) in [7, 11) is 0. The molecule has 98 valence electrons. The summed E-state index contributed by atoms with van der Waals surface area (Å²) in [4.78, 5) is 16.8. The molecule has 1 heterocycles. The van der Waals surface area contributed by atoms with Crippen LogP contribution in [0.5, 0.6) is 5.75 Å². The van der Waals surface area contributed by atoms with Crippen molar-refractivity contribution in [3.8, 4) is 5.75 Å². The van der Waals surface area contributed by atoms with Crippen LogP contribution in [0.1, 0.15) is 19.3 Å². The molecule has 0 aromatic heterocycles. The van der Waals surface area contributed by atoms with Crippen molar-refractivity contribution in [2.75, 3.05) is 19.8 Å². The fourth-order valence-corrected chi connectivity index (χ4v) is 1.98. The van der Waals surface area contributed by atoms with E-state index in [4.69, 9.17) is 9.57 Å². The molecule has 1 amide bonds. The van der Waals surface area contributed by atoms with Crippen molar-refractivity contribution in [3.05, 3.63) is 28.7 Å². The van der Waals surface area contributed by atoms with E-state index in [0.717, 1.165) is 16.6 Å². The van der Waals surface area contributed by atoms with Gasteiger partial charge in [-0.25, -0.2) is 5.06 Å². The molecule has 1 aromatic rings. The molecule has 5 heteroatoms. The lowest BCUT2D eigenvalue weighted by Crippen LogP contribution is -2.26. The van der Waals surface area contributed by atoms with Gasteiger partial charge in [-0.05, 0) is 37.1 Å². The second-order valence-electron chi connectivity index (χ2n) is 4.09. The van der Waals surface area contributed by atoms with Crippen molar-refractivity contribution in [1.82, 2.24) is 5.06 Å². The molecule has 0 unspecified atom stereocenters. The van der Waals surface area contributed by atoms with Crippen LogP contribution in [-0.2, 0) is 9.63 Å². The third-order valence-electron chi connectivity index (χ3n) is 2.65. The van der Waals surface area contributed by atoms with Gasteiger partial charge in [0, 0.05) is 10.9 Å². The zero-order chi connectivity index (χ0) is 12.8. The van der Waals surface area contributed by atoms with E-state index in [1.807, 2.05) is 24.3 Å². The average Bonchev–Trinajstić information content (AvgIpc) is 2.90. The zero-order valence-corrected chi connectivity index (χ0v) is 11.7. The maximum absolute atomic E-state index is 11.6. The van der Waals surface area contributed by atoms with Gasteiger partial charge in [-0.15, -0.1) is 0 Å². The van der Waals surface area contributed by atoms with Crippen LogP contribution in [0.2, 0.25) is 0 Å². The number of carbonyl (C=O) groups is 1. The van der Waals surface area contributed by atoms with Gasteiger partial charge in [0.1, 0.15) is 5.75 Å². The number of carbonyl (C=O) groups excluding carboxylic acids is 1. The second kappa shape index (κ2) is 6.75. The first-order valence-electron chi connectivity index (χ1n) is 6.07. The van der Waals surface area contributed by atoms with Gasteiger partial charge in [0.05, 0.1) is 19.8 Å². The fraction of sp³-hybridized carbons (Fsp3) is 0.462. The molecule has 0 aliphatic carbocycles. The first-order chi connectivity index (χ1) is 8.75. The van der Waals surface area contributed by atoms with Crippen LogP contribution in [0.15, 0.2) is 28.7 Å². The third kappa shape index (κ3) is 3.99. The fourth-order valence-electron chi connectivity index (χ4n) is 1.71. The van der Waals surface area contributed by atoms with Crippen molar-refractivity contribution in [2.45, 2.75) is 19.3 Å². The summed E-state index contributed by atoms with van der Waals surface area (Å²) in [6.45, 7) is 1.91. The number of nitrogens with zero attached hydrogens (tertiary/aromatic N) is 1. The van der Waals surface area contributed by atoms with Crippen LogP contribution in [0.4, 0.5) is 0 Å². The molecule has 0 saturated carbocycles. The average molecular weight is 314 g/mol. The molecule has 0 N–H and O–H groups in total. The Morgan fingerprint density at radius 3 is 2.83 bits per heavy atom. The number of amides is 1. The molecule has 0 radical (unpaired) electrons. The van der Waals surface area contributed by atoms with Crippen molar-refractivity contribution < 1.29 is 14.4 Å². The lowest BCUT2D eigenvalue weighted by Gasteiger charge is -2.13. The van der Waals surface area contributed by atoms with E-state index in [9.17, 15) is 4.79 Å². The highest BCUT2D eigenvalue weighted by Crippen LogP contribution is 2.16. The van der Waals surface area contributed by atoms with Gasteiger partial charge in [-0.1, -0.05) is 15.9 Å². The Bertz CT molecular complexity index is 388. The zero-order valence-electron chi connectivity index (χ0n) is 10.1. The summed E-state index contributed by atoms with van der Waals surface area (Å²) in [6, 6.07) is 7.65. The van der Waals surface area contributed by atoms with E-state index in [-0.39, 0.29) is 5.91 Å². The van der Waals surface area contributed by atoms with Crippen LogP contribution in [0.25, 0.3) is 0 Å². The number of ether oxygens (including phenoxy) is 1. The van der Waals surface area contributed by atoms with Crippen LogP contribution in [-0.4, -0.2) is 30.7 Å². The summed E-state index contributed by atoms with van der Waals surface area (Å²) < 4.78 is 6.57. The molecule has 0 spiro atoms. The molecule has 0 bridgehead atoms. The molecule has 1 fully saturated rings. The summed E-state index contributed by atoms with van der Waals surface area (Å²) >= 11 is 3.36. The first kappa shape index (κ1) is 13.4. The first-order valence-corrected chi connectivity index (χ1v) is 6.86. The van der Waals surface area contributed by atoms with Crippen LogP contribution < -0.4 is 4.74 Å². The van der Waals surface area contributed by atoms with Gasteiger partial charge in [0.25, 0.3) is 0 Å². The number of hydrogen-bond acceptors (Lipinski definition) is 3. The van der Waals surface area contributed by atoms with Crippen LogP contribution in [0, 0.1) is 0 Å². The minimum atomic E-state index is 0.0481. The number of hydrogen-bond donors (Lipinski definition) is 0. The van der Waals surface area contributed by atoms with Gasteiger partial charge in [0.15, 0.2) is 0 Å². The normalized spacial score (nSPS) is 14.8. The quantitative estimate of drug-likeness (QED) is 0.785. The Balaban J connectivity index is 1.63. The maximum atomic E-state index is 11.6. The molecular formula is C13H16BrNO3.